The van der Waals surface area contributed by atoms with Gasteiger partial charge >= 0.3 is 0 Å². The monoisotopic (exact) mass is 406 g/mol. The van der Waals surface area contributed by atoms with Gasteiger partial charge in [-0.15, -0.1) is 0 Å². The zero-order chi connectivity index (χ0) is 19.6. The van der Waals surface area contributed by atoms with Crippen LogP contribution in [-0.4, -0.2) is 30.4 Å². The Morgan fingerprint density at radius 2 is 1.78 bits per heavy atom. The highest BCUT2D eigenvalue weighted by molar-refractivity contribution is 6.42. The minimum atomic E-state index is 0.208. The van der Waals surface area contributed by atoms with Crippen LogP contribution in [0.1, 0.15) is 37.3 Å². The van der Waals surface area contributed by atoms with Gasteiger partial charge in [-0.25, -0.2) is 0 Å². The normalized spacial score (nSPS) is 10.7. The minimum Gasteiger partial charge on any atom is -0.383 e. The molecule has 2 aromatic carbocycles. The van der Waals surface area contributed by atoms with Crippen LogP contribution in [0.15, 0.2) is 42.5 Å². The number of benzene rings is 2. The van der Waals surface area contributed by atoms with Gasteiger partial charge in [-0.05, 0) is 43.5 Å². The lowest BCUT2D eigenvalue weighted by molar-refractivity contribution is -0.131. The Morgan fingerprint density at radius 3 is 2.44 bits per heavy atom. The molecular weight excluding hydrogens is 379 g/mol. The van der Waals surface area contributed by atoms with Crippen molar-refractivity contribution in [1.82, 2.24) is 4.90 Å². The first-order valence-electron chi connectivity index (χ1n) is 9.52. The second-order valence-electron chi connectivity index (χ2n) is 6.78. The summed E-state index contributed by atoms with van der Waals surface area (Å²) >= 11 is 12.0. The van der Waals surface area contributed by atoms with E-state index in [2.05, 4.69) is 43.4 Å². The molecule has 0 aliphatic carbocycles. The lowest BCUT2D eigenvalue weighted by atomic mass is 10.1. The molecule has 0 aliphatic rings. The highest BCUT2D eigenvalue weighted by Gasteiger charge is 2.13. The number of aryl methyl sites for hydroxylation is 2. The van der Waals surface area contributed by atoms with Gasteiger partial charge in [0.2, 0.25) is 5.91 Å². The number of carbonyl (C=O) groups is 1. The van der Waals surface area contributed by atoms with E-state index in [4.69, 9.17) is 23.2 Å². The van der Waals surface area contributed by atoms with Gasteiger partial charge in [-0.3, -0.25) is 4.79 Å². The molecular formula is C22H28Cl2N2O. The second-order valence-corrected chi connectivity index (χ2v) is 7.59. The molecule has 2 rings (SSSR count). The van der Waals surface area contributed by atoms with E-state index < -0.39 is 0 Å². The summed E-state index contributed by atoms with van der Waals surface area (Å²) in [5.74, 6) is 0.208. The number of unbranched alkanes of at least 4 members (excludes halogenated alkanes) is 1. The van der Waals surface area contributed by atoms with Crippen LogP contribution >= 0.6 is 23.2 Å². The molecule has 2 aromatic rings. The molecule has 0 bridgehead atoms. The summed E-state index contributed by atoms with van der Waals surface area (Å²) in [7, 11) is 0. The van der Waals surface area contributed by atoms with Crippen LogP contribution in [0, 0.1) is 6.92 Å². The van der Waals surface area contributed by atoms with E-state index in [-0.39, 0.29) is 5.91 Å². The summed E-state index contributed by atoms with van der Waals surface area (Å²) in [6, 6.07) is 13.9. The molecule has 3 nitrogen and oxygen atoms in total. The summed E-state index contributed by atoms with van der Waals surface area (Å²) < 4.78 is 0. The fraction of sp³-hybridized carbons (Fsp3) is 0.409. The molecule has 0 unspecified atom stereocenters. The van der Waals surface area contributed by atoms with Gasteiger partial charge in [0.15, 0.2) is 0 Å². The SMILES string of the molecule is CCCCN(CCNc1ccc(Cl)c(Cl)c1)C(=O)CCc1ccc(C)cc1. The maximum Gasteiger partial charge on any atom is 0.222 e. The molecule has 0 fully saturated rings. The summed E-state index contributed by atoms with van der Waals surface area (Å²) in [6.07, 6.45) is 3.41. The lowest BCUT2D eigenvalue weighted by Crippen LogP contribution is -2.36. The number of nitrogens with zero attached hydrogens (tertiary/aromatic N) is 1. The van der Waals surface area contributed by atoms with Crippen LogP contribution in [0.3, 0.4) is 0 Å². The Balaban J connectivity index is 1.85. The third-order valence-electron chi connectivity index (χ3n) is 4.51. The van der Waals surface area contributed by atoms with Gasteiger partial charge in [0.05, 0.1) is 10.0 Å². The van der Waals surface area contributed by atoms with Crippen LogP contribution in [0.5, 0.6) is 0 Å². The number of carbonyl (C=O) groups excluding carboxylic acids is 1. The first kappa shape index (κ1) is 21.6. The average Bonchev–Trinajstić information content (AvgIpc) is 2.66. The molecule has 27 heavy (non-hydrogen) atoms. The van der Waals surface area contributed by atoms with Crippen molar-refractivity contribution in [3.63, 3.8) is 0 Å². The number of nitrogens with one attached hydrogen (secondary N) is 1. The summed E-state index contributed by atoms with van der Waals surface area (Å²) in [6.45, 7) is 6.36. The average molecular weight is 407 g/mol. The summed E-state index contributed by atoms with van der Waals surface area (Å²) in [5, 5.41) is 4.38. The maximum absolute atomic E-state index is 12.7. The fourth-order valence-corrected chi connectivity index (χ4v) is 3.11. The molecule has 0 saturated carbocycles. The van der Waals surface area contributed by atoms with Crippen molar-refractivity contribution in [2.24, 2.45) is 0 Å². The predicted octanol–water partition coefficient (Wildman–Crippen LogP) is 5.98. The van der Waals surface area contributed by atoms with Crippen molar-refractivity contribution in [1.29, 1.82) is 0 Å². The first-order chi connectivity index (χ1) is 13.0. The molecule has 0 radical (unpaired) electrons. The van der Waals surface area contributed by atoms with E-state index in [0.29, 0.717) is 29.6 Å². The number of hydrogen-bond donors (Lipinski definition) is 1. The van der Waals surface area contributed by atoms with Gasteiger partial charge < -0.3 is 10.2 Å². The van der Waals surface area contributed by atoms with Crippen molar-refractivity contribution in [2.45, 2.75) is 39.5 Å². The van der Waals surface area contributed by atoms with E-state index in [1.807, 2.05) is 11.0 Å². The van der Waals surface area contributed by atoms with Crippen molar-refractivity contribution in [2.75, 3.05) is 25.0 Å². The Bertz CT molecular complexity index is 732. The molecule has 1 N–H and O–H groups in total. The van der Waals surface area contributed by atoms with Crippen LogP contribution in [-0.2, 0) is 11.2 Å². The van der Waals surface area contributed by atoms with Crippen LogP contribution in [0.4, 0.5) is 5.69 Å². The van der Waals surface area contributed by atoms with Gasteiger partial charge in [0.25, 0.3) is 0 Å². The highest BCUT2D eigenvalue weighted by Crippen LogP contribution is 2.24. The Morgan fingerprint density at radius 1 is 1.04 bits per heavy atom. The first-order valence-corrected chi connectivity index (χ1v) is 10.3. The molecule has 0 atom stereocenters. The zero-order valence-electron chi connectivity index (χ0n) is 16.1. The number of rotatable bonds is 10. The molecule has 0 aliphatic heterocycles. The van der Waals surface area contributed by atoms with Crippen molar-refractivity contribution < 1.29 is 4.79 Å². The third-order valence-corrected chi connectivity index (χ3v) is 5.25. The van der Waals surface area contributed by atoms with Crippen molar-refractivity contribution >= 4 is 34.8 Å². The number of halogens is 2. The second kappa shape index (κ2) is 11.2. The number of anilines is 1. The smallest absolute Gasteiger partial charge is 0.222 e. The van der Waals surface area contributed by atoms with Gasteiger partial charge in [-0.2, -0.15) is 0 Å². The molecule has 0 saturated heterocycles. The van der Waals surface area contributed by atoms with Crippen molar-refractivity contribution in [3.8, 4) is 0 Å². The molecule has 5 heteroatoms. The Hall–Kier alpha value is -1.71. The van der Waals surface area contributed by atoms with E-state index in [1.54, 1.807) is 12.1 Å². The Kier molecular flexibility index (Phi) is 8.96. The highest BCUT2D eigenvalue weighted by atomic mass is 35.5. The van der Waals surface area contributed by atoms with Crippen LogP contribution in [0.25, 0.3) is 0 Å². The topological polar surface area (TPSA) is 32.3 Å². The van der Waals surface area contributed by atoms with Gasteiger partial charge in [-0.1, -0.05) is 66.4 Å². The molecule has 146 valence electrons. The molecule has 0 aromatic heterocycles. The Labute approximate surface area is 172 Å². The van der Waals surface area contributed by atoms with Gasteiger partial charge in [0.1, 0.15) is 0 Å². The van der Waals surface area contributed by atoms with Gasteiger partial charge in [0, 0.05) is 31.7 Å². The summed E-state index contributed by atoms with van der Waals surface area (Å²) in [4.78, 5) is 14.7. The maximum atomic E-state index is 12.7. The largest absolute Gasteiger partial charge is 0.383 e. The standard InChI is InChI=1S/C22H28Cl2N2O/c1-3-4-14-26(15-13-25-19-10-11-20(23)21(24)16-19)22(27)12-9-18-7-5-17(2)6-8-18/h5-8,10-11,16,25H,3-4,9,12-15H2,1-2H3. The minimum absolute atomic E-state index is 0.208. The van der Waals surface area contributed by atoms with E-state index in [1.165, 1.54) is 11.1 Å². The quantitative estimate of drug-likeness (QED) is 0.526. The lowest BCUT2D eigenvalue weighted by Gasteiger charge is -2.23. The predicted molar refractivity (Wildman–Crippen MR) is 116 cm³/mol. The zero-order valence-corrected chi connectivity index (χ0v) is 17.6. The van der Waals surface area contributed by atoms with E-state index in [0.717, 1.165) is 31.5 Å². The fourth-order valence-electron chi connectivity index (χ4n) is 2.82. The molecule has 0 heterocycles. The van der Waals surface area contributed by atoms with Crippen LogP contribution < -0.4 is 5.32 Å². The third kappa shape index (κ3) is 7.43. The number of amides is 1. The molecule has 0 spiro atoms. The molecule has 1 amide bonds. The van der Waals surface area contributed by atoms with Crippen LogP contribution in [0.2, 0.25) is 10.0 Å². The van der Waals surface area contributed by atoms with E-state index in [9.17, 15) is 4.79 Å². The van der Waals surface area contributed by atoms with Crippen molar-refractivity contribution in [3.05, 3.63) is 63.6 Å². The summed E-state index contributed by atoms with van der Waals surface area (Å²) in [5.41, 5.74) is 3.35. The number of hydrogen-bond acceptors (Lipinski definition) is 2. The van der Waals surface area contributed by atoms with E-state index >= 15 is 0 Å².